The van der Waals surface area contributed by atoms with Crippen molar-refractivity contribution in [3.63, 3.8) is 0 Å². The Bertz CT molecular complexity index is 256. The third-order valence-electron chi connectivity index (χ3n) is 4.55. The molecule has 0 aliphatic heterocycles. The SMILES string of the molecule is CCCCCCC(CCCOCC(CC)CCCC)C(N)=O. The van der Waals surface area contributed by atoms with Crippen LogP contribution in [0, 0.1) is 11.8 Å². The first-order valence-electron chi connectivity index (χ1n) is 9.52. The third kappa shape index (κ3) is 12.0. The summed E-state index contributed by atoms with van der Waals surface area (Å²) in [4.78, 5) is 11.5. The van der Waals surface area contributed by atoms with Gasteiger partial charge in [-0.25, -0.2) is 0 Å². The van der Waals surface area contributed by atoms with Crippen LogP contribution < -0.4 is 5.73 Å². The van der Waals surface area contributed by atoms with Gasteiger partial charge in [0.25, 0.3) is 0 Å². The maximum Gasteiger partial charge on any atom is 0.220 e. The van der Waals surface area contributed by atoms with E-state index in [1.807, 2.05) is 0 Å². The lowest BCUT2D eigenvalue weighted by Crippen LogP contribution is -2.23. The third-order valence-corrected chi connectivity index (χ3v) is 4.55. The summed E-state index contributed by atoms with van der Waals surface area (Å²) < 4.78 is 5.80. The maximum absolute atomic E-state index is 11.5. The van der Waals surface area contributed by atoms with E-state index in [9.17, 15) is 4.79 Å². The normalized spacial score (nSPS) is 14.0. The summed E-state index contributed by atoms with van der Waals surface area (Å²) in [7, 11) is 0. The van der Waals surface area contributed by atoms with Crippen LogP contribution in [-0.2, 0) is 9.53 Å². The Kier molecular flexibility index (Phi) is 14.9. The Morgan fingerprint density at radius 1 is 0.909 bits per heavy atom. The van der Waals surface area contributed by atoms with Crippen LogP contribution in [0.1, 0.15) is 91.4 Å². The molecule has 2 unspecified atom stereocenters. The van der Waals surface area contributed by atoms with Crippen LogP contribution in [0.2, 0.25) is 0 Å². The van der Waals surface area contributed by atoms with Gasteiger partial charge in [-0.2, -0.15) is 0 Å². The Hall–Kier alpha value is -0.570. The molecule has 3 nitrogen and oxygen atoms in total. The van der Waals surface area contributed by atoms with E-state index >= 15 is 0 Å². The van der Waals surface area contributed by atoms with E-state index in [-0.39, 0.29) is 11.8 Å². The molecular weight excluding hydrogens is 274 g/mol. The minimum atomic E-state index is -0.133. The van der Waals surface area contributed by atoms with Crippen molar-refractivity contribution < 1.29 is 9.53 Å². The summed E-state index contributed by atoms with van der Waals surface area (Å²) in [6, 6.07) is 0. The maximum atomic E-state index is 11.5. The second-order valence-corrected chi connectivity index (χ2v) is 6.58. The number of unbranched alkanes of at least 4 members (excludes halogenated alkanes) is 4. The number of carbonyl (C=O) groups is 1. The second-order valence-electron chi connectivity index (χ2n) is 6.58. The average molecular weight is 314 g/mol. The van der Waals surface area contributed by atoms with E-state index in [0.717, 1.165) is 38.9 Å². The van der Waals surface area contributed by atoms with E-state index in [0.29, 0.717) is 5.92 Å². The van der Waals surface area contributed by atoms with E-state index in [1.54, 1.807) is 0 Å². The highest BCUT2D eigenvalue weighted by Gasteiger charge is 2.14. The second kappa shape index (κ2) is 15.3. The predicted molar refractivity (Wildman–Crippen MR) is 94.8 cm³/mol. The van der Waals surface area contributed by atoms with Gasteiger partial charge in [0, 0.05) is 19.1 Å². The summed E-state index contributed by atoms with van der Waals surface area (Å²) in [6.45, 7) is 8.31. The lowest BCUT2D eigenvalue weighted by atomic mass is 9.95. The summed E-state index contributed by atoms with van der Waals surface area (Å²) >= 11 is 0. The highest BCUT2D eigenvalue weighted by atomic mass is 16.5. The van der Waals surface area contributed by atoms with Crippen LogP contribution >= 0.6 is 0 Å². The van der Waals surface area contributed by atoms with Gasteiger partial charge in [-0.15, -0.1) is 0 Å². The molecule has 2 atom stereocenters. The fourth-order valence-electron chi connectivity index (χ4n) is 2.83. The minimum absolute atomic E-state index is 0.0440. The quantitative estimate of drug-likeness (QED) is 0.404. The topological polar surface area (TPSA) is 52.3 Å². The lowest BCUT2D eigenvalue weighted by molar-refractivity contribution is -0.122. The van der Waals surface area contributed by atoms with Gasteiger partial charge in [0.15, 0.2) is 0 Å². The zero-order valence-electron chi connectivity index (χ0n) is 15.2. The Labute approximate surface area is 138 Å². The molecule has 0 aliphatic rings. The van der Waals surface area contributed by atoms with Gasteiger partial charge in [0.05, 0.1) is 0 Å². The van der Waals surface area contributed by atoms with Crippen LogP contribution in [0.15, 0.2) is 0 Å². The molecule has 0 saturated heterocycles. The molecule has 1 amide bonds. The molecule has 2 N–H and O–H groups in total. The zero-order valence-corrected chi connectivity index (χ0v) is 15.2. The molecule has 0 bridgehead atoms. The Morgan fingerprint density at radius 2 is 1.59 bits per heavy atom. The number of amides is 1. The summed E-state index contributed by atoms with van der Waals surface area (Å²) in [5, 5.41) is 0. The van der Waals surface area contributed by atoms with Gasteiger partial charge < -0.3 is 10.5 Å². The summed E-state index contributed by atoms with van der Waals surface area (Å²) in [5.41, 5.74) is 5.51. The monoisotopic (exact) mass is 313 g/mol. The first kappa shape index (κ1) is 21.4. The molecule has 0 aromatic rings. The van der Waals surface area contributed by atoms with Crippen molar-refractivity contribution in [3.05, 3.63) is 0 Å². The molecular formula is C19H39NO2. The van der Waals surface area contributed by atoms with Crippen molar-refractivity contribution in [1.82, 2.24) is 0 Å². The lowest BCUT2D eigenvalue weighted by Gasteiger charge is -2.16. The minimum Gasteiger partial charge on any atom is -0.381 e. The van der Waals surface area contributed by atoms with E-state index < -0.39 is 0 Å². The molecule has 0 rings (SSSR count). The first-order chi connectivity index (χ1) is 10.7. The number of carbonyl (C=O) groups excluding carboxylic acids is 1. The van der Waals surface area contributed by atoms with Crippen molar-refractivity contribution in [2.45, 2.75) is 91.4 Å². The van der Waals surface area contributed by atoms with Crippen LogP contribution in [0.4, 0.5) is 0 Å². The predicted octanol–water partition coefficient (Wildman–Crippen LogP) is 5.07. The Balaban J connectivity index is 3.72. The molecule has 22 heavy (non-hydrogen) atoms. The van der Waals surface area contributed by atoms with Gasteiger partial charge >= 0.3 is 0 Å². The average Bonchev–Trinajstić information content (AvgIpc) is 2.51. The highest BCUT2D eigenvalue weighted by Crippen LogP contribution is 2.17. The van der Waals surface area contributed by atoms with Crippen LogP contribution in [0.3, 0.4) is 0 Å². The molecule has 132 valence electrons. The van der Waals surface area contributed by atoms with Gasteiger partial charge in [0.1, 0.15) is 0 Å². The molecule has 0 aromatic carbocycles. The van der Waals surface area contributed by atoms with Gasteiger partial charge in [-0.3, -0.25) is 4.79 Å². The van der Waals surface area contributed by atoms with Gasteiger partial charge in [0.2, 0.25) is 5.91 Å². The molecule has 0 fully saturated rings. The summed E-state index contributed by atoms with van der Waals surface area (Å²) in [5.74, 6) is 0.606. The van der Waals surface area contributed by atoms with Crippen LogP contribution in [-0.4, -0.2) is 19.1 Å². The van der Waals surface area contributed by atoms with Crippen molar-refractivity contribution in [1.29, 1.82) is 0 Å². The molecule has 0 aliphatic carbocycles. The van der Waals surface area contributed by atoms with Crippen molar-refractivity contribution in [2.24, 2.45) is 17.6 Å². The van der Waals surface area contributed by atoms with Crippen LogP contribution in [0.5, 0.6) is 0 Å². The largest absolute Gasteiger partial charge is 0.381 e. The fourth-order valence-corrected chi connectivity index (χ4v) is 2.83. The summed E-state index contributed by atoms with van der Waals surface area (Å²) in [6.07, 6.45) is 12.6. The number of primary amides is 1. The number of rotatable bonds is 16. The molecule has 0 spiro atoms. The molecule has 0 radical (unpaired) electrons. The van der Waals surface area contributed by atoms with Crippen molar-refractivity contribution in [3.8, 4) is 0 Å². The first-order valence-corrected chi connectivity index (χ1v) is 9.52. The number of hydrogen-bond donors (Lipinski definition) is 1. The van der Waals surface area contributed by atoms with E-state index in [2.05, 4.69) is 20.8 Å². The standard InChI is InChI=1S/C19H39NO2/c1-4-7-9-10-13-18(19(20)21)14-11-15-22-16-17(6-3)12-8-5-2/h17-18H,4-16H2,1-3H3,(H2,20,21). The molecule has 0 saturated carbocycles. The van der Waals surface area contributed by atoms with E-state index in [1.165, 1.54) is 44.9 Å². The van der Waals surface area contributed by atoms with Crippen molar-refractivity contribution in [2.75, 3.05) is 13.2 Å². The van der Waals surface area contributed by atoms with Crippen molar-refractivity contribution >= 4 is 5.91 Å². The van der Waals surface area contributed by atoms with Gasteiger partial charge in [-0.1, -0.05) is 65.7 Å². The Morgan fingerprint density at radius 3 is 2.18 bits per heavy atom. The fraction of sp³-hybridized carbons (Fsp3) is 0.947. The smallest absolute Gasteiger partial charge is 0.220 e. The number of hydrogen-bond acceptors (Lipinski definition) is 2. The van der Waals surface area contributed by atoms with E-state index in [4.69, 9.17) is 10.5 Å². The van der Waals surface area contributed by atoms with Crippen LogP contribution in [0.25, 0.3) is 0 Å². The van der Waals surface area contributed by atoms with Gasteiger partial charge in [-0.05, 0) is 31.6 Å². The number of ether oxygens (including phenoxy) is 1. The number of nitrogens with two attached hydrogens (primary N) is 1. The highest BCUT2D eigenvalue weighted by molar-refractivity contribution is 5.76. The molecule has 0 aromatic heterocycles. The molecule has 3 heteroatoms. The zero-order chi connectivity index (χ0) is 16.6. The molecule has 0 heterocycles.